The zero-order valence-corrected chi connectivity index (χ0v) is 20.7. The fourth-order valence-electron chi connectivity index (χ4n) is 3.56. The molecular formula is C29H33N3O3. The fourth-order valence-corrected chi connectivity index (χ4v) is 3.56. The third-order valence-electron chi connectivity index (χ3n) is 5.73. The number of rotatable bonds is 8. The first-order chi connectivity index (χ1) is 16.6. The Morgan fingerprint density at radius 1 is 0.800 bits per heavy atom. The van der Waals surface area contributed by atoms with E-state index in [9.17, 15) is 14.4 Å². The quantitative estimate of drug-likeness (QED) is 0.445. The van der Waals surface area contributed by atoms with Crippen LogP contribution in [0.25, 0.3) is 0 Å². The van der Waals surface area contributed by atoms with Crippen LogP contribution < -0.4 is 16.0 Å². The van der Waals surface area contributed by atoms with Gasteiger partial charge in [0.1, 0.15) is 6.04 Å². The molecule has 0 unspecified atom stereocenters. The molecule has 0 fully saturated rings. The van der Waals surface area contributed by atoms with Gasteiger partial charge in [-0.05, 0) is 54.2 Å². The summed E-state index contributed by atoms with van der Waals surface area (Å²) in [6, 6.07) is 23.3. The fraction of sp³-hybridized carbons (Fsp3) is 0.276. The Hall–Kier alpha value is -3.93. The van der Waals surface area contributed by atoms with Gasteiger partial charge in [-0.2, -0.15) is 0 Å². The molecule has 0 bridgehead atoms. The maximum absolute atomic E-state index is 12.8. The summed E-state index contributed by atoms with van der Waals surface area (Å²) in [6.07, 6.45) is 0.709. The third kappa shape index (κ3) is 7.27. The van der Waals surface area contributed by atoms with Crippen molar-refractivity contribution < 1.29 is 14.4 Å². The van der Waals surface area contributed by atoms with Crippen LogP contribution in [0.3, 0.4) is 0 Å². The number of amides is 3. The summed E-state index contributed by atoms with van der Waals surface area (Å²) in [5.74, 6) is -1.01. The highest BCUT2D eigenvalue weighted by Gasteiger charge is 2.20. The lowest BCUT2D eigenvalue weighted by molar-refractivity contribution is -0.117. The molecular weight excluding hydrogens is 438 g/mol. The standard InChI is InChI=1S/C29H33N3O3/c1-20(31-27(34)22-14-16-23(17-15-22)29(2,3)4)26(33)32-25-13-9-8-12-24(25)28(35)30-19-18-21-10-6-5-7-11-21/h5-17,20H,18-19H2,1-4H3,(H,30,35)(H,31,34)(H,32,33)/t20-/m1/s1. The van der Waals surface area contributed by atoms with Crippen molar-refractivity contribution in [1.82, 2.24) is 10.6 Å². The molecule has 6 heteroatoms. The van der Waals surface area contributed by atoms with Crippen LogP contribution in [0.15, 0.2) is 78.9 Å². The number of hydrogen-bond donors (Lipinski definition) is 3. The van der Waals surface area contributed by atoms with Gasteiger partial charge in [-0.25, -0.2) is 0 Å². The van der Waals surface area contributed by atoms with Crippen molar-refractivity contribution in [3.8, 4) is 0 Å². The molecule has 0 radical (unpaired) electrons. The van der Waals surface area contributed by atoms with Crippen molar-refractivity contribution in [2.45, 2.75) is 45.6 Å². The molecule has 0 spiro atoms. The number of nitrogens with one attached hydrogen (secondary N) is 3. The average Bonchev–Trinajstić information content (AvgIpc) is 2.84. The van der Waals surface area contributed by atoms with Crippen molar-refractivity contribution in [3.63, 3.8) is 0 Å². The molecule has 182 valence electrons. The van der Waals surface area contributed by atoms with Gasteiger partial charge in [0, 0.05) is 12.1 Å². The van der Waals surface area contributed by atoms with E-state index in [0.717, 1.165) is 11.1 Å². The van der Waals surface area contributed by atoms with E-state index >= 15 is 0 Å². The van der Waals surface area contributed by atoms with Crippen LogP contribution in [0, 0.1) is 0 Å². The van der Waals surface area contributed by atoms with E-state index in [1.165, 1.54) is 0 Å². The Balaban J connectivity index is 1.58. The summed E-state index contributed by atoms with van der Waals surface area (Å²) in [7, 11) is 0. The molecule has 0 aromatic heterocycles. The summed E-state index contributed by atoms with van der Waals surface area (Å²) in [5, 5.41) is 8.39. The van der Waals surface area contributed by atoms with Gasteiger partial charge in [-0.15, -0.1) is 0 Å². The third-order valence-corrected chi connectivity index (χ3v) is 5.73. The van der Waals surface area contributed by atoms with Crippen molar-refractivity contribution in [1.29, 1.82) is 0 Å². The van der Waals surface area contributed by atoms with Gasteiger partial charge in [0.2, 0.25) is 5.91 Å². The molecule has 3 aromatic rings. The second-order valence-corrected chi connectivity index (χ2v) is 9.55. The first-order valence-electron chi connectivity index (χ1n) is 11.8. The molecule has 0 heterocycles. The van der Waals surface area contributed by atoms with E-state index in [1.54, 1.807) is 43.3 Å². The lowest BCUT2D eigenvalue weighted by Gasteiger charge is -2.19. The summed E-state index contributed by atoms with van der Waals surface area (Å²) in [5.41, 5.74) is 3.49. The van der Waals surface area contributed by atoms with E-state index in [4.69, 9.17) is 0 Å². The second kappa shape index (κ2) is 11.5. The maximum Gasteiger partial charge on any atom is 0.253 e. The van der Waals surface area contributed by atoms with Crippen molar-refractivity contribution in [2.24, 2.45) is 0 Å². The summed E-state index contributed by atoms with van der Waals surface area (Å²) >= 11 is 0. The Kier molecular flexibility index (Phi) is 8.42. The molecule has 0 aliphatic heterocycles. The zero-order valence-electron chi connectivity index (χ0n) is 20.7. The highest BCUT2D eigenvalue weighted by atomic mass is 16.2. The van der Waals surface area contributed by atoms with Crippen LogP contribution >= 0.6 is 0 Å². The van der Waals surface area contributed by atoms with Crippen LogP contribution in [0.1, 0.15) is 59.5 Å². The van der Waals surface area contributed by atoms with Gasteiger partial charge in [-0.3, -0.25) is 14.4 Å². The van der Waals surface area contributed by atoms with Crippen LogP contribution in [0.5, 0.6) is 0 Å². The van der Waals surface area contributed by atoms with Crippen LogP contribution in [-0.4, -0.2) is 30.3 Å². The predicted molar refractivity (Wildman–Crippen MR) is 140 cm³/mol. The van der Waals surface area contributed by atoms with Crippen molar-refractivity contribution in [2.75, 3.05) is 11.9 Å². The highest BCUT2D eigenvalue weighted by molar-refractivity contribution is 6.06. The molecule has 3 aromatic carbocycles. The molecule has 0 aliphatic rings. The lowest BCUT2D eigenvalue weighted by Crippen LogP contribution is -2.42. The number of benzene rings is 3. The average molecular weight is 472 g/mol. The van der Waals surface area contributed by atoms with E-state index in [0.29, 0.717) is 29.8 Å². The topological polar surface area (TPSA) is 87.3 Å². The van der Waals surface area contributed by atoms with Gasteiger partial charge in [0.15, 0.2) is 0 Å². The first-order valence-corrected chi connectivity index (χ1v) is 11.8. The van der Waals surface area contributed by atoms with Gasteiger partial charge in [0.25, 0.3) is 11.8 Å². The smallest absolute Gasteiger partial charge is 0.253 e. The Morgan fingerprint density at radius 3 is 2.09 bits per heavy atom. The largest absolute Gasteiger partial charge is 0.352 e. The molecule has 6 nitrogen and oxygen atoms in total. The summed E-state index contributed by atoms with van der Waals surface area (Å²) < 4.78 is 0. The molecule has 3 amide bonds. The van der Waals surface area contributed by atoms with E-state index in [-0.39, 0.29) is 17.2 Å². The maximum atomic E-state index is 12.8. The minimum absolute atomic E-state index is 0.0105. The van der Waals surface area contributed by atoms with Crippen molar-refractivity contribution in [3.05, 3.63) is 101 Å². The molecule has 0 aliphatic carbocycles. The Morgan fingerprint density at radius 2 is 1.43 bits per heavy atom. The minimum Gasteiger partial charge on any atom is -0.352 e. The van der Waals surface area contributed by atoms with Gasteiger partial charge < -0.3 is 16.0 Å². The molecule has 0 saturated carbocycles. The van der Waals surface area contributed by atoms with Gasteiger partial charge in [0.05, 0.1) is 11.3 Å². The van der Waals surface area contributed by atoms with Gasteiger partial charge >= 0.3 is 0 Å². The molecule has 35 heavy (non-hydrogen) atoms. The predicted octanol–water partition coefficient (Wildman–Crippen LogP) is 4.71. The first kappa shape index (κ1) is 25.7. The van der Waals surface area contributed by atoms with Crippen molar-refractivity contribution >= 4 is 23.4 Å². The SMILES string of the molecule is C[C@@H](NC(=O)c1ccc(C(C)(C)C)cc1)C(=O)Nc1ccccc1C(=O)NCCc1ccccc1. The molecule has 0 saturated heterocycles. The Labute approximate surface area is 207 Å². The number of hydrogen-bond acceptors (Lipinski definition) is 3. The number of carbonyl (C=O) groups excluding carboxylic acids is 3. The van der Waals surface area contributed by atoms with Crippen LogP contribution in [0.4, 0.5) is 5.69 Å². The summed E-state index contributed by atoms with van der Waals surface area (Å²) in [4.78, 5) is 38.1. The van der Waals surface area contributed by atoms with E-state index in [1.807, 2.05) is 42.5 Å². The molecule has 3 rings (SSSR count). The monoisotopic (exact) mass is 471 g/mol. The number of carbonyl (C=O) groups is 3. The Bertz CT molecular complexity index is 1170. The minimum atomic E-state index is -0.793. The van der Waals surface area contributed by atoms with E-state index < -0.39 is 11.9 Å². The number of anilines is 1. The van der Waals surface area contributed by atoms with Gasteiger partial charge in [-0.1, -0.05) is 75.4 Å². The zero-order chi connectivity index (χ0) is 25.4. The number of para-hydroxylation sites is 1. The lowest BCUT2D eigenvalue weighted by atomic mass is 9.86. The van der Waals surface area contributed by atoms with E-state index in [2.05, 4.69) is 36.7 Å². The molecule has 3 N–H and O–H groups in total. The molecule has 1 atom stereocenters. The normalized spacial score (nSPS) is 11.9. The van der Waals surface area contributed by atoms with Crippen LogP contribution in [0.2, 0.25) is 0 Å². The van der Waals surface area contributed by atoms with Crippen LogP contribution in [-0.2, 0) is 16.6 Å². The second-order valence-electron chi connectivity index (χ2n) is 9.55. The highest BCUT2D eigenvalue weighted by Crippen LogP contribution is 2.22. The summed E-state index contributed by atoms with van der Waals surface area (Å²) in [6.45, 7) is 8.41.